The standard InChI is InChI=1S/C5H9N5/c1-4(6)2-5(7)3-9-10-8/h2,7H,3,6H2,1H3/b4-2-,7-5?. The van der Waals surface area contributed by atoms with Crippen LogP contribution in [0, 0.1) is 5.41 Å². The van der Waals surface area contributed by atoms with Crippen molar-refractivity contribution in [3.8, 4) is 0 Å². The lowest BCUT2D eigenvalue weighted by Gasteiger charge is -1.90. The molecule has 3 N–H and O–H groups in total. The monoisotopic (exact) mass is 139 g/mol. The highest BCUT2D eigenvalue weighted by atomic mass is 15.1. The van der Waals surface area contributed by atoms with Crippen molar-refractivity contribution in [2.45, 2.75) is 6.92 Å². The van der Waals surface area contributed by atoms with Gasteiger partial charge in [-0.3, -0.25) is 0 Å². The van der Waals surface area contributed by atoms with Crippen LogP contribution >= 0.6 is 0 Å². The number of hydrogen-bond acceptors (Lipinski definition) is 3. The number of allylic oxidation sites excluding steroid dienone is 1. The highest BCUT2D eigenvalue weighted by molar-refractivity contribution is 5.94. The molecule has 0 aromatic carbocycles. The average molecular weight is 139 g/mol. The summed E-state index contributed by atoms with van der Waals surface area (Å²) in [4.78, 5) is 2.50. The van der Waals surface area contributed by atoms with Crippen LogP contribution in [0.1, 0.15) is 6.92 Å². The molecular weight excluding hydrogens is 130 g/mol. The van der Waals surface area contributed by atoms with Gasteiger partial charge in [-0.05, 0) is 18.5 Å². The largest absolute Gasteiger partial charge is 0.402 e. The fourth-order valence-corrected chi connectivity index (χ4v) is 0.428. The van der Waals surface area contributed by atoms with Gasteiger partial charge in [0, 0.05) is 16.3 Å². The molecule has 0 unspecified atom stereocenters. The van der Waals surface area contributed by atoms with E-state index in [4.69, 9.17) is 16.7 Å². The molecular formula is C5H9N5. The second-order valence-corrected chi connectivity index (χ2v) is 1.80. The van der Waals surface area contributed by atoms with Crippen LogP contribution in [-0.4, -0.2) is 12.3 Å². The zero-order valence-electron chi connectivity index (χ0n) is 5.70. The first kappa shape index (κ1) is 8.52. The summed E-state index contributed by atoms with van der Waals surface area (Å²) in [6.45, 7) is 1.73. The molecule has 54 valence electrons. The van der Waals surface area contributed by atoms with Gasteiger partial charge in [-0.15, -0.1) is 0 Å². The number of nitrogens with two attached hydrogens (primary N) is 1. The Morgan fingerprint density at radius 3 is 2.90 bits per heavy atom. The fourth-order valence-electron chi connectivity index (χ4n) is 0.428. The third kappa shape index (κ3) is 4.67. The highest BCUT2D eigenvalue weighted by Crippen LogP contribution is 1.84. The second-order valence-electron chi connectivity index (χ2n) is 1.80. The molecule has 0 aliphatic heterocycles. The molecule has 0 aliphatic rings. The van der Waals surface area contributed by atoms with E-state index in [2.05, 4.69) is 10.0 Å². The molecule has 0 aromatic rings. The van der Waals surface area contributed by atoms with E-state index in [-0.39, 0.29) is 12.3 Å². The quantitative estimate of drug-likeness (QED) is 0.261. The molecule has 0 atom stereocenters. The van der Waals surface area contributed by atoms with E-state index in [1.807, 2.05) is 0 Å². The van der Waals surface area contributed by atoms with E-state index in [0.717, 1.165) is 0 Å². The van der Waals surface area contributed by atoms with Crippen molar-refractivity contribution in [2.75, 3.05) is 6.54 Å². The third-order valence-electron chi connectivity index (χ3n) is 0.706. The summed E-state index contributed by atoms with van der Waals surface area (Å²) in [5, 5.41) is 10.3. The van der Waals surface area contributed by atoms with Gasteiger partial charge in [-0.25, -0.2) is 0 Å². The predicted molar refractivity (Wildman–Crippen MR) is 39.7 cm³/mol. The molecule has 0 amide bonds. The van der Waals surface area contributed by atoms with Gasteiger partial charge in [0.25, 0.3) is 0 Å². The molecule has 0 radical (unpaired) electrons. The SMILES string of the molecule is C/C(N)=C/C(=N)CN=[N+]=[N-]. The first-order chi connectivity index (χ1) is 4.66. The lowest BCUT2D eigenvalue weighted by molar-refractivity contribution is 1.22. The van der Waals surface area contributed by atoms with Crippen LogP contribution in [-0.2, 0) is 0 Å². The maximum absolute atomic E-state index is 7.86. The van der Waals surface area contributed by atoms with Gasteiger partial charge in [-0.2, -0.15) is 0 Å². The van der Waals surface area contributed by atoms with E-state index in [1.54, 1.807) is 6.92 Å². The van der Waals surface area contributed by atoms with Gasteiger partial charge < -0.3 is 11.1 Å². The van der Waals surface area contributed by atoms with Crippen molar-refractivity contribution >= 4 is 5.71 Å². The fraction of sp³-hybridized carbons (Fsp3) is 0.400. The molecule has 0 saturated heterocycles. The van der Waals surface area contributed by atoms with E-state index >= 15 is 0 Å². The van der Waals surface area contributed by atoms with E-state index in [1.165, 1.54) is 6.08 Å². The minimum atomic E-state index is 0.0606. The van der Waals surface area contributed by atoms with Crippen LogP contribution in [0.3, 0.4) is 0 Å². The van der Waals surface area contributed by atoms with Crippen LogP contribution in [0.4, 0.5) is 0 Å². The Kier molecular flexibility index (Phi) is 3.75. The summed E-state index contributed by atoms with van der Waals surface area (Å²) < 4.78 is 0. The Bertz CT molecular complexity index is 194. The third-order valence-corrected chi connectivity index (χ3v) is 0.706. The summed E-state index contributed by atoms with van der Waals surface area (Å²) in [5.41, 5.74) is 13.9. The summed E-state index contributed by atoms with van der Waals surface area (Å²) in [6.07, 6.45) is 1.45. The summed E-state index contributed by atoms with van der Waals surface area (Å²) in [7, 11) is 0. The van der Waals surface area contributed by atoms with Crippen molar-refractivity contribution in [1.29, 1.82) is 5.41 Å². The van der Waals surface area contributed by atoms with E-state index < -0.39 is 0 Å². The highest BCUT2D eigenvalue weighted by Gasteiger charge is 1.87. The normalized spacial score (nSPS) is 10.3. The molecule has 0 saturated carbocycles. The van der Waals surface area contributed by atoms with Gasteiger partial charge in [0.1, 0.15) is 0 Å². The Balaban J connectivity index is 3.87. The van der Waals surface area contributed by atoms with Gasteiger partial charge >= 0.3 is 0 Å². The van der Waals surface area contributed by atoms with Crippen LogP contribution in [0.5, 0.6) is 0 Å². The Hall–Kier alpha value is -1.48. The number of azide groups is 1. The second kappa shape index (κ2) is 4.40. The number of hydrogen-bond donors (Lipinski definition) is 2. The van der Waals surface area contributed by atoms with Crippen molar-refractivity contribution in [1.82, 2.24) is 0 Å². The Morgan fingerprint density at radius 1 is 1.90 bits per heavy atom. The average Bonchev–Trinajstić information content (AvgIpc) is 1.82. The Labute approximate surface area is 58.7 Å². The lowest BCUT2D eigenvalue weighted by Crippen LogP contribution is -2.00. The number of nitrogens with zero attached hydrogens (tertiary/aromatic N) is 3. The predicted octanol–water partition coefficient (Wildman–Crippen LogP) is 1.18. The minimum Gasteiger partial charge on any atom is -0.402 e. The molecule has 0 fully saturated rings. The summed E-state index contributed by atoms with van der Waals surface area (Å²) >= 11 is 0. The molecule has 0 heterocycles. The summed E-state index contributed by atoms with van der Waals surface area (Å²) in [5.74, 6) is 0. The van der Waals surface area contributed by atoms with Crippen LogP contribution in [0.2, 0.25) is 0 Å². The van der Waals surface area contributed by atoms with Gasteiger partial charge in [0.2, 0.25) is 0 Å². The summed E-state index contributed by atoms with van der Waals surface area (Å²) in [6, 6.07) is 0. The number of nitrogens with one attached hydrogen (secondary N) is 1. The molecule has 5 heteroatoms. The molecule has 0 aromatic heterocycles. The number of rotatable bonds is 3. The van der Waals surface area contributed by atoms with Crippen molar-refractivity contribution in [3.63, 3.8) is 0 Å². The van der Waals surface area contributed by atoms with Crippen LogP contribution < -0.4 is 5.73 Å². The van der Waals surface area contributed by atoms with Crippen molar-refractivity contribution in [2.24, 2.45) is 10.8 Å². The molecule has 10 heavy (non-hydrogen) atoms. The van der Waals surface area contributed by atoms with E-state index in [9.17, 15) is 0 Å². The maximum Gasteiger partial charge on any atom is 0.0677 e. The molecule has 0 aliphatic carbocycles. The molecule has 0 bridgehead atoms. The zero-order chi connectivity index (χ0) is 7.98. The van der Waals surface area contributed by atoms with Crippen LogP contribution in [0.25, 0.3) is 10.4 Å². The van der Waals surface area contributed by atoms with Gasteiger partial charge in [0.15, 0.2) is 0 Å². The minimum absolute atomic E-state index is 0.0606. The molecule has 5 nitrogen and oxygen atoms in total. The smallest absolute Gasteiger partial charge is 0.0677 e. The maximum atomic E-state index is 7.86. The van der Waals surface area contributed by atoms with Crippen molar-refractivity contribution < 1.29 is 0 Å². The first-order valence-electron chi connectivity index (χ1n) is 2.69. The van der Waals surface area contributed by atoms with Crippen LogP contribution in [0.15, 0.2) is 16.9 Å². The topological polar surface area (TPSA) is 98.6 Å². The zero-order valence-corrected chi connectivity index (χ0v) is 5.70. The molecule has 0 spiro atoms. The van der Waals surface area contributed by atoms with Gasteiger partial charge in [-0.1, -0.05) is 5.11 Å². The Morgan fingerprint density at radius 2 is 2.50 bits per heavy atom. The molecule has 0 rings (SSSR count). The van der Waals surface area contributed by atoms with Gasteiger partial charge in [0.05, 0.1) is 6.54 Å². The van der Waals surface area contributed by atoms with E-state index in [0.29, 0.717) is 5.70 Å². The first-order valence-corrected chi connectivity index (χ1v) is 2.69. The van der Waals surface area contributed by atoms with Crippen molar-refractivity contribution in [3.05, 3.63) is 22.2 Å². The lowest BCUT2D eigenvalue weighted by atomic mass is 10.3.